The Labute approximate surface area is 95.5 Å². The first-order chi connectivity index (χ1) is 7.33. The molecule has 0 radical (unpaired) electrons. The second-order valence-corrected chi connectivity index (χ2v) is 4.71. The van der Waals surface area contributed by atoms with E-state index in [1.165, 1.54) is 0 Å². The maximum absolute atomic E-state index is 10.9. The van der Waals surface area contributed by atoms with Gasteiger partial charge >= 0.3 is 5.97 Å². The van der Waals surface area contributed by atoms with E-state index in [0.717, 1.165) is 11.3 Å². The second-order valence-electron chi connectivity index (χ2n) is 4.71. The van der Waals surface area contributed by atoms with Crippen molar-refractivity contribution in [3.8, 4) is 0 Å². The lowest BCUT2D eigenvalue weighted by molar-refractivity contribution is -0.146. The first-order valence-corrected chi connectivity index (χ1v) is 5.26. The molecule has 0 bridgehead atoms. The van der Waals surface area contributed by atoms with Gasteiger partial charge in [0.05, 0.1) is 11.1 Å². The van der Waals surface area contributed by atoms with Gasteiger partial charge in [0.25, 0.3) is 0 Å². The molecule has 1 rings (SSSR count). The average molecular weight is 225 g/mol. The van der Waals surface area contributed by atoms with E-state index in [1.807, 2.05) is 20.2 Å². The molecule has 16 heavy (non-hydrogen) atoms. The number of carbonyl (C=O) groups is 1. The molecule has 0 aromatic carbocycles. The number of rotatable bonds is 5. The van der Waals surface area contributed by atoms with Gasteiger partial charge in [-0.25, -0.2) is 0 Å². The molecule has 0 aliphatic rings. The van der Waals surface area contributed by atoms with E-state index in [4.69, 9.17) is 5.11 Å². The molecule has 1 aromatic heterocycles. The molecule has 90 valence electrons. The number of aromatic nitrogens is 2. The fraction of sp³-hybridized carbons (Fsp3) is 0.636. The van der Waals surface area contributed by atoms with Crippen LogP contribution in [0.15, 0.2) is 6.20 Å². The van der Waals surface area contributed by atoms with Crippen LogP contribution in [0.4, 0.5) is 0 Å². The van der Waals surface area contributed by atoms with Crippen molar-refractivity contribution < 1.29 is 9.90 Å². The van der Waals surface area contributed by atoms with Crippen LogP contribution in [-0.4, -0.2) is 27.4 Å². The number of nitrogens with one attached hydrogen (secondary N) is 1. The molecule has 0 saturated carbocycles. The van der Waals surface area contributed by atoms with Crippen LogP contribution in [0.25, 0.3) is 0 Å². The van der Waals surface area contributed by atoms with E-state index in [9.17, 15) is 4.79 Å². The second kappa shape index (κ2) is 4.65. The lowest BCUT2D eigenvalue weighted by atomic mass is 9.94. The lowest BCUT2D eigenvalue weighted by Gasteiger charge is -2.19. The Bertz CT molecular complexity index is 383. The number of carboxylic acid groups (broad SMARTS) is 1. The number of aliphatic carboxylic acids is 1. The van der Waals surface area contributed by atoms with E-state index in [-0.39, 0.29) is 0 Å². The van der Waals surface area contributed by atoms with Crippen LogP contribution in [0.2, 0.25) is 0 Å². The van der Waals surface area contributed by atoms with E-state index < -0.39 is 11.4 Å². The maximum Gasteiger partial charge on any atom is 0.310 e. The third-order valence-electron chi connectivity index (χ3n) is 2.58. The summed E-state index contributed by atoms with van der Waals surface area (Å²) in [7, 11) is 1.87. The summed E-state index contributed by atoms with van der Waals surface area (Å²) in [5.74, 6) is -0.789. The topological polar surface area (TPSA) is 67.2 Å². The summed E-state index contributed by atoms with van der Waals surface area (Å²) in [5.41, 5.74) is 1.34. The van der Waals surface area contributed by atoms with Crippen molar-refractivity contribution in [2.75, 3.05) is 6.54 Å². The summed E-state index contributed by atoms with van der Waals surface area (Å²) in [5, 5.41) is 16.3. The number of aryl methyl sites for hydroxylation is 2. The van der Waals surface area contributed by atoms with Crippen molar-refractivity contribution in [3.05, 3.63) is 17.5 Å². The molecule has 0 amide bonds. The van der Waals surface area contributed by atoms with Gasteiger partial charge in [-0.2, -0.15) is 5.10 Å². The Balaban J connectivity index is 2.48. The predicted octanol–water partition coefficient (Wildman–Crippen LogP) is 0.929. The van der Waals surface area contributed by atoms with E-state index in [1.54, 1.807) is 18.5 Å². The number of hydrogen-bond donors (Lipinski definition) is 2. The molecule has 0 fully saturated rings. The van der Waals surface area contributed by atoms with Gasteiger partial charge in [-0.15, -0.1) is 0 Å². The van der Waals surface area contributed by atoms with Crippen LogP contribution in [0.3, 0.4) is 0 Å². The molecule has 2 N–H and O–H groups in total. The van der Waals surface area contributed by atoms with Gasteiger partial charge in [0, 0.05) is 31.9 Å². The van der Waals surface area contributed by atoms with Gasteiger partial charge in [0.2, 0.25) is 0 Å². The number of hydrogen-bond acceptors (Lipinski definition) is 3. The summed E-state index contributed by atoms with van der Waals surface area (Å²) >= 11 is 0. The van der Waals surface area contributed by atoms with Gasteiger partial charge in [0.1, 0.15) is 0 Å². The molecule has 5 nitrogen and oxygen atoms in total. The third-order valence-corrected chi connectivity index (χ3v) is 2.58. The normalized spacial score (nSPS) is 11.8. The first kappa shape index (κ1) is 12.7. The van der Waals surface area contributed by atoms with Crippen molar-refractivity contribution in [2.45, 2.75) is 27.3 Å². The standard InChI is InChI=1S/C11H19N3O2/c1-8-9(6-14(4)13-8)5-12-7-11(2,3)10(15)16/h6,12H,5,7H2,1-4H3,(H,15,16). The first-order valence-electron chi connectivity index (χ1n) is 5.26. The SMILES string of the molecule is Cc1nn(C)cc1CNCC(C)(C)C(=O)O. The minimum Gasteiger partial charge on any atom is -0.481 e. The zero-order chi connectivity index (χ0) is 12.3. The van der Waals surface area contributed by atoms with Gasteiger partial charge in [0.15, 0.2) is 0 Å². The molecule has 1 aromatic rings. The minimum absolute atomic E-state index is 0.441. The van der Waals surface area contributed by atoms with Crippen molar-refractivity contribution in [1.82, 2.24) is 15.1 Å². The Morgan fingerprint density at radius 3 is 2.69 bits per heavy atom. The van der Waals surface area contributed by atoms with Crippen LogP contribution >= 0.6 is 0 Å². The Morgan fingerprint density at radius 1 is 1.62 bits per heavy atom. The highest BCUT2D eigenvalue weighted by molar-refractivity contribution is 5.73. The lowest BCUT2D eigenvalue weighted by Crippen LogP contribution is -2.35. The number of carboxylic acids is 1. The predicted molar refractivity (Wildman–Crippen MR) is 61.1 cm³/mol. The van der Waals surface area contributed by atoms with Gasteiger partial charge < -0.3 is 10.4 Å². The van der Waals surface area contributed by atoms with Crippen LogP contribution in [0, 0.1) is 12.3 Å². The molecule has 0 saturated heterocycles. The van der Waals surface area contributed by atoms with E-state index in [2.05, 4.69) is 10.4 Å². The fourth-order valence-corrected chi connectivity index (χ4v) is 1.41. The summed E-state index contributed by atoms with van der Waals surface area (Å²) in [6.45, 7) is 6.45. The largest absolute Gasteiger partial charge is 0.481 e. The van der Waals surface area contributed by atoms with Crippen LogP contribution < -0.4 is 5.32 Å². The number of nitrogens with zero attached hydrogens (tertiary/aromatic N) is 2. The average Bonchev–Trinajstić information content (AvgIpc) is 2.44. The Hall–Kier alpha value is -1.36. The summed E-state index contributed by atoms with van der Waals surface area (Å²) < 4.78 is 1.76. The third kappa shape index (κ3) is 3.06. The Kier molecular flexibility index (Phi) is 3.70. The van der Waals surface area contributed by atoms with E-state index >= 15 is 0 Å². The molecular weight excluding hydrogens is 206 g/mol. The Morgan fingerprint density at radius 2 is 2.25 bits per heavy atom. The zero-order valence-electron chi connectivity index (χ0n) is 10.2. The minimum atomic E-state index is -0.789. The highest BCUT2D eigenvalue weighted by Gasteiger charge is 2.26. The van der Waals surface area contributed by atoms with Crippen LogP contribution in [0.5, 0.6) is 0 Å². The summed E-state index contributed by atoms with van der Waals surface area (Å²) in [4.78, 5) is 10.9. The van der Waals surface area contributed by atoms with Crippen LogP contribution in [0.1, 0.15) is 25.1 Å². The molecule has 0 atom stereocenters. The molecule has 0 unspecified atom stereocenters. The van der Waals surface area contributed by atoms with Gasteiger partial charge in [-0.1, -0.05) is 0 Å². The highest BCUT2D eigenvalue weighted by atomic mass is 16.4. The van der Waals surface area contributed by atoms with E-state index in [0.29, 0.717) is 13.1 Å². The van der Waals surface area contributed by atoms with Crippen molar-refractivity contribution in [1.29, 1.82) is 0 Å². The summed E-state index contributed by atoms with van der Waals surface area (Å²) in [6, 6.07) is 0. The van der Waals surface area contributed by atoms with Crippen molar-refractivity contribution in [3.63, 3.8) is 0 Å². The molecule has 0 aliphatic carbocycles. The fourth-order valence-electron chi connectivity index (χ4n) is 1.41. The molecule has 0 spiro atoms. The quantitative estimate of drug-likeness (QED) is 0.782. The maximum atomic E-state index is 10.9. The van der Waals surface area contributed by atoms with Crippen molar-refractivity contribution >= 4 is 5.97 Å². The summed E-state index contributed by atoms with van der Waals surface area (Å²) in [6.07, 6.45) is 1.94. The van der Waals surface area contributed by atoms with Crippen molar-refractivity contribution in [2.24, 2.45) is 12.5 Å². The van der Waals surface area contributed by atoms with Crippen LogP contribution in [-0.2, 0) is 18.4 Å². The molecule has 0 aliphatic heterocycles. The van der Waals surface area contributed by atoms with Gasteiger partial charge in [-0.3, -0.25) is 9.48 Å². The highest BCUT2D eigenvalue weighted by Crippen LogP contribution is 2.13. The monoisotopic (exact) mass is 225 g/mol. The molecule has 1 heterocycles. The molecular formula is C11H19N3O2. The molecule has 5 heteroatoms. The van der Waals surface area contributed by atoms with Gasteiger partial charge in [-0.05, 0) is 20.8 Å². The smallest absolute Gasteiger partial charge is 0.310 e. The zero-order valence-corrected chi connectivity index (χ0v) is 10.2.